The Hall–Kier alpha value is -0.120. The number of aliphatic hydroxyl groups is 1. The number of hydrogen-bond acceptors (Lipinski definition) is 3. The molecule has 1 aliphatic rings. The molecule has 0 amide bonds. The third kappa shape index (κ3) is 4.04. The number of nitrogens with zero attached hydrogens (tertiary/aromatic N) is 1. The second kappa shape index (κ2) is 6.58. The highest BCUT2D eigenvalue weighted by Crippen LogP contribution is 2.22. The first kappa shape index (κ1) is 13.9. The summed E-state index contributed by atoms with van der Waals surface area (Å²) in [5, 5.41) is 9.94. The van der Waals surface area contributed by atoms with Crippen molar-refractivity contribution < 1.29 is 5.11 Å². The van der Waals surface area contributed by atoms with E-state index in [4.69, 9.17) is 5.73 Å². The molecule has 3 heteroatoms. The van der Waals surface area contributed by atoms with Crippen LogP contribution in [0.5, 0.6) is 0 Å². The molecule has 1 aliphatic carbocycles. The van der Waals surface area contributed by atoms with Crippen molar-refractivity contribution in [2.75, 3.05) is 13.6 Å². The molecule has 3 unspecified atom stereocenters. The molecule has 96 valence electrons. The smallest absolute Gasteiger partial charge is 0.0695 e. The van der Waals surface area contributed by atoms with Crippen molar-refractivity contribution >= 4 is 0 Å². The number of likely N-dealkylation sites (N-methyl/N-ethyl adjacent to an activating group) is 1. The molecule has 0 heterocycles. The van der Waals surface area contributed by atoms with Gasteiger partial charge in [0.15, 0.2) is 0 Å². The van der Waals surface area contributed by atoms with Gasteiger partial charge in [-0.3, -0.25) is 0 Å². The zero-order chi connectivity index (χ0) is 12.1. The van der Waals surface area contributed by atoms with Gasteiger partial charge in [-0.15, -0.1) is 0 Å². The highest BCUT2D eigenvalue weighted by molar-refractivity contribution is 4.82. The molecule has 16 heavy (non-hydrogen) atoms. The lowest BCUT2D eigenvalue weighted by Gasteiger charge is -2.35. The normalized spacial score (nSPS) is 28.7. The summed E-state index contributed by atoms with van der Waals surface area (Å²) in [6, 6.07) is 0.635. The topological polar surface area (TPSA) is 49.5 Å². The maximum Gasteiger partial charge on any atom is 0.0695 e. The van der Waals surface area contributed by atoms with Crippen LogP contribution in [-0.2, 0) is 0 Å². The van der Waals surface area contributed by atoms with Crippen molar-refractivity contribution in [2.45, 2.75) is 64.1 Å². The Kier molecular flexibility index (Phi) is 5.73. The van der Waals surface area contributed by atoms with Gasteiger partial charge in [0.25, 0.3) is 0 Å². The molecule has 0 spiro atoms. The summed E-state index contributed by atoms with van der Waals surface area (Å²) in [4.78, 5) is 2.30. The van der Waals surface area contributed by atoms with Gasteiger partial charge in [-0.1, -0.05) is 26.7 Å². The Morgan fingerprint density at radius 3 is 2.50 bits per heavy atom. The zero-order valence-electron chi connectivity index (χ0n) is 11.0. The van der Waals surface area contributed by atoms with Gasteiger partial charge < -0.3 is 15.7 Å². The second-order valence-electron chi connectivity index (χ2n) is 5.60. The quantitative estimate of drug-likeness (QED) is 0.751. The van der Waals surface area contributed by atoms with Crippen molar-refractivity contribution in [1.82, 2.24) is 4.90 Å². The first-order chi connectivity index (χ1) is 7.52. The Bertz CT molecular complexity index is 196. The minimum absolute atomic E-state index is 0.131. The van der Waals surface area contributed by atoms with Gasteiger partial charge in [-0.2, -0.15) is 0 Å². The molecule has 0 saturated heterocycles. The lowest BCUT2D eigenvalue weighted by molar-refractivity contribution is 0.0306. The molecule has 3 atom stereocenters. The summed E-state index contributed by atoms with van der Waals surface area (Å²) in [5.41, 5.74) is 6.04. The highest BCUT2D eigenvalue weighted by atomic mass is 16.3. The van der Waals surface area contributed by atoms with Crippen LogP contribution in [0.3, 0.4) is 0 Å². The van der Waals surface area contributed by atoms with Crippen LogP contribution in [0, 0.1) is 5.92 Å². The molecule has 1 fully saturated rings. The molecule has 0 aliphatic heterocycles. The van der Waals surface area contributed by atoms with Crippen LogP contribution in [0.25, 0.3) is 0 Å². The molecule has 3 N–H and O–H groups in total. The van der Waals surface area contributed by atoms with Crippen molar-refractivity contribution in [2.24, 2.45) is 11.7 Å². The molecular weight excluding hydrogens is 200 g/mol. The van der Waals surface area contributed by atoms with E-state index >= 15 is 0 Å². The fourth-order valence-corrected chi connectivity index (χ4v) is 2.46. The third-order valence-corrected chi connectivity index (χ3v) is 3.93. The van der Waals surface area contributed by atoms with Crippen LogP contribution < -0.4 is 5.73 Å². The average molecular weight is 228 g/mol. The summed E-state index contributed by atoms with van der Waals surface area (Å²) >= 11 is 0. The Morgan fingerprint density at radius 1 is 1.31 bits per heavy atom. The van der Waals surface area contributed by atoms with E-state index in [1.165, 1.54) is 12.8 Å². The Morgan fingerprint density at radius 2 is 1.94 bits per heavy atom. The van der Waals surface area contributed by atoms with Gasteiger partial charge >= 0.3 is 0 Å². The first-order valence-corrected chi connectivity index (χ1v) is 6.66. The fraction of sp³-hybridized carbons (Fsp3) is 1.00. The predicted octanol–water partition coefficient (Wildman–Crippen LogP) is 1.60. The maximum absolute atomic E-state index is 9.94. The van der Waals surface area contributed by atoms with E-state index in [9.17, 15) is 5.11 Å². The van der Waals surface area contributed by atoms with E-state index in [2.05, 4.69) is 25.8 Å². The van der Waals surface area contributed by atoms with E-state index in [0.29, 0.717) is 12.0 Å². The molecular formula is C13H28N2O. The van der Waals surface area contributed by atoms with Crippen LogP contribution in [0.1, 0.15) is 46.0 Å². The van der Waals surface area contributed by atoms with E-state index in [1.54, 1.807) is 0 Å². The molecule has 1 saturated carbocycles. The molecule has 0 aromatic rings. The van der Waals surface area contributed by atoms with Crippen LogP contribution in [0.2, 0.25) is 0 Å². The molecule has 0 aromatic carbocycles. The predicted molar refractivity (Wildman–Crippen MR) is 68.3 cm³/mol. The van der Waals surface area contributed by atoms with Crippen LogP contribution in [0.4, 0.5) is 0 Å². The fourth-order valence-electron chi connectivity index (χ4n) is 2.46. The van der Waals surface area contributed by atoms with Gasteiger partial charge in [0, 0.05) is 12.1 Å². The van der Waals surface area contributed by atoms with Crippen LogP contribution in [0.15, 0.2) is 0 Å². The lowest BCUT2D eigenvalue weighted by atomic mass is 9.91. The number of rotatable bonds is 5. The molecule has 0 aromatic heterocycles. The summed E-state index contributed by atoms with van der Waals surface area (Å²) in [6.45, 7) is 5.33. The standard InChI is InChI=1S/C13H28N2O/c1-10(2)11(14)8-9-15(3)12-6-4-5-7-13(12)16/h10-13,16H,4-9,14H2,1-3H3. The van der Waals surface area contributed by atoms with Crippen LogP contribution in [-0.4, -0.2) is 41.8 Å². The van der Waals surface area contributed by atoms with Crippen LogP contribution >= 0.6 is 0 Å². The summed E-state index contributed by atoms with van der Waals surface area (Å²) in [7, 11) is 2.12. The van der Waals surface area contributed by atoms with Crippen molar-refractivity contribution in [3.8, 4) is 0 Å². The van der Waals surface area contributed by atoms with E-state index in [-0.39, 0.29) is 12.1 Å². The highest BCUT2D eigenvalue weighted by Gasteiger charge is 2.26. The molecule has 3 nitrogen and oxygen atoms in total. The molecule has 0 radical (unpaired) electrons. The minimum Gasteiger partial charge on any atom is -0.391 e. The monoisotopic (exact) mass is 228 g/mol. The summed E-state index contributed by atoms with van der Waals surface area (Å²) in [5.74, 6) is 0.546. The Balaban J connectivity index is 2.30. The molecule has 1 rings (SSSR count). The van der Waals surface area contributed by atoms with Crippen molar-refractivity contribution in [3.63, 3.8) is 0 Å². The third-order valence-electron chi connectivity index (χ3n) is 3.93. The number of aliphatic hydroxyl groups excluding tert-OH is 1. The average Bonchev–Trinajstić information content (AvgIpc) is 2.25. The van der Waals surface area contributed by atoms with E-state index < -0.39 is 0 Å². The first-order valence-electron chi connectivity index (χ1n) is 6.66. The van der Waals surface area contributed by atoms with Crippen molar-refractivity contribution in [3.05, 3.63) is 0 Å². The Labute approximate surface area is 100 Å². The van der Waals surface area contributed by atoms with Gasteiger partial charge in [-0.05, 0) is 38.8 Å². The van der Waals surface area contributed by atoms with Gasteiger partial charge in [0.1, 0.15) is 0 Å². The zero-order valence-corrected chi connectivity index (χ0v) is 11.0. The van der Waals surface area contributed by atoms with Gasteiger partial charge in [0.2, 0.25) is 0 Å². The number of nitrogens with two attached hydrogens (primary N) is 1. The van der Waals surface area contributed by atoms with Crippen molar-refractivity contribution in [1.29, 1.82) is 0 Å². The van der Waals surface area contributed by atoms with Gasteiger partial charge in [-0.25, -0.2) is 0 Å². The number of hydrogen-bond donors (Lipinski definition) is 2. The molecule has 0 bridgehead atoms. The van der Waals surface area contributed by atoms with Gasteiger partial charge in [0.05, 0.1) is 6.10 Å². The largest absolute Gasteiger partial charge is 0.391 e. The summed E-state index contributed by atoms with van der Waals surface area (Å²) < 4.78 is 0. The second-order valence-corrected chi connectivity index (χ2v) is 5.60. The maximum atomic E-state index is 9.94. The minimum atomic E-state index is -0.131. The lowest BCUT2D eigenvalue weighted by Crippen LogP contribution is -2.45. The van der Waals surface area contributed by atoms with E-state index in [1.807, 2.05) is 0 Å². The summed E-state index contributed by atoms with van der Waals surface area (Å²) in [6.07, 6.45) is 5.42. The van der Waals surface area contributed by atoms with E-state index in [0.717, 1.165) is 25.8 Å². The SMILES string of the molecule is CC(C)C(N)CCN(C)C1CCCCC1O.